The molecule has 0 fully saturated rings. The van der Waals surface area contributed by atoms with Gasteiger partial charge in [-0.15, -0.1) is 11.3 Å². The molecule has 1 N–H and O–H groups in total. The molecule has 2 aromatic rings. The third-order valence-corrected chi connectivity index (χ3v) is 4.32. The first-order chi connectivity index (χ1) is 10.5. The van der Waals surface area contributed by atoms with Gasteiger partial charge in [-0.2, -0.15) is 5.10 Å². The topological polar surface area (TPSA) is 73.2 Å². The van der Waals surface area contributed by atoms with E-state index in [9.17, 15) is 9.59 Å². The van der Waals surface area contributed by atoms with Crippen molar-refractivity contribution in [3.63, 3.8) is 0 Å². The van der Waals surface area contributed by atoms with E-state index < -0.39 is 12.0 Å². The highest BCUT2D eigenvalue weighted by Gasteiger charge is 2.24. The zero-order valence-electron chi connectivity index (χ0n) is 12.4. The normalized spacial score (nSPS) is 12.0. The van der Waals surface area contributed by atoms with Crippen molar-refractivity contribution >= 4 is 34.8 Å². The van der Waals surface area contributed by atoms with Gasteiger partial charge < -0.3 is 10.1 Å². The lowest BCUT2D eigenvalue weighted by Gasteiger charge is -2.14. The molecular formula is C14H16ClN3O3S. The molecule has 2 heterocycles. The lowest BCUT2D eigenvalue weighted by atomic mass is 10.1. The minimum Gasteiger partial charge on any atom is -0.467 e. The van der Waals surface area contributed by atoms with Crippen LogP contribution in [0.15, 0.2) is 18.3 Å². The van der Waals surface area contributed by atoms with Crippen LogP contribution in [0.5, 0.6) is 0 Å². The monoisotopic (exact) mass is 341 g/mol. The Morgan fingerprint density at radius 3 is 2.77 bits per heavy atom. The summed E-state index contributed by atoms with van der Waals surface area (Å²) in [5, 5.41) is 6.97. The lowest BCUT2D eigenvalue weighted by molar-refractivity contribution is -0.142. The fourth-order valence-electron chi connectivity index (χ4n) is 1.98. The second-order valence-electron chi connectivity index (χ2n) is 4.63. The molecular weight excluding hydrogens is 326 g/mol. The van der Waals surface area contributed by atoms with Crippen molar-refractivity contribution < 1.29 is 14.3 Å². The summed E-state index contributed by atoms with van der Waals surface area (Å²) in [7, 11) is 3.02. The van der Waals surface area contributed by atoms with Gasteiger partial charge in [0.05, 0.1) is 21.9 Å². The van der Waals surface area contributed by atoms with Gasteiger partial charge in [-0.05, 0) is 18.6 Å². The molecule has 0 aliphatic carbocycles. The first-order valence-corrected chi connectivity index (χ1v) is 7.83. The number of carbonyl (C=O) groups is 2. The van der Waals surface area contributed by atoms with Crippen LogP contribution in [-0.2, 0) is 16.6 Å². The number of esters is 1. The first kappa shape index (κ1) is 16.5. The molecule has 22 heavy (non-hydrogen) atoms. The number of nitrogens with one attached hydrogen (secondary N) is 1. The molecule has 1 atom stereocenters. The van der Waals surface area contributed by atoms with E-state index in [1.807, 2.05) is 6.07 Å². The van der Waals surface area contributed by atoms with Crippen LogP contribution >= 0.6 is 22.9 Å². The van der Waals surface area contributed by atoms with Gasteiger partial charge in [0, 0.05) is 13.2 Å². The van der Waals surface area contributed by atoms with Gasteiger partial charge >= 0.3 is 5.97 Å². The summed E-state index contributed by atoms with van der Waals surface area (Å²) in [5.74, 6) is -0.842. The summed E-state index contributed by atoms with van der Waals surface area (Å²) in [6, 6.07) is 2.88. The quantitative estimate of drug-likeness (QED) is 0.848. The Balaban J connectivity index is 2.28. The zero-order valence-corrected chi connectivity index (χ0v) is 14.0. The van der Waals surface area contributed by atoms with E-state index in [4.69, 9.17) is 11.6 Å². The number of rotatable bonds is 5. The fourth-order valence-corrected chi connectivity index (χ4v) is 3.03. The largest absolute Gasteiger partial charge is 0.467 e. The molecule has 118 valence electrons. The smallest absolute Gasteiger partial charge is 0.328 e. The Morgan fingerprint density at radius 2 is 2.23 bits per heavy atom. The summed E-state index contributed by atoms with van der Waals surface area (Å²) in [5.41, 5.74) is 0.931. The SMILES string of the molecule is CCC(NC(=O)c1cn(C)nc1-c1ccc(Cl)s1)C(=O)OC. The third kappa shape index (κ3) is 3.48. The number of nitrogens with zero attached hydrogens (tertiary/aromatic N) is 2. The third-order valence-electron chi connectivity index (χ3n) is 3.08. The number of hydrogen-bond donors (Lipinski definition) is 1. The van der Waals surface area contributed by atoms with Gasteiger partial charge in [-0.25, -0.2) is 4.79 Å². The molecule has 0 aliphatic rings. The lowest BCUT2D eigenvalue weighted by Crippen LogP contribution is -2.41. The van der Waals surface area contributed by atoms with Crippen molar-refractivity contribution in [3.8, 4) is 10.6 Å². The fraction of sp³-hybridized carbons (Fsp3) is 0.357. The van der Waals surface area contributed by atoms with Crippen LogP contribution in [0.4, 0.5) is 0 Å². The molecule has 1 amide bonds. The summed E-state index contributed by atoms with van der Waals surface area (Å²) < 4.78 is 6.84. The van der Waals surface area contributed by atoms with Crippen LogP contribution < -0.4 is 5.32 Å². The number of amides is 1. The number of methoxy groups -OCH3 is 1. The molecule has 0 saturated heterocycles. The maximum atomic E-state index is 12.4. The van der Waals surface area contributed by atoms with Crippen LogP contribution in [0.3, 0.4) is 0 Å². The van der Waals surface area contributed by atoms with Crippen LogP contribution in [0.25, 0.3) is 10.6 Å². The molecule has 0 radical (unpaired) electrons. The van der Waals surface area contributed by atoms with E-state index in [0.717, 1.165) is 4.88 Å². The van der Waals surface area contributed by atoms with Crippen molar-refractivity contribution in [2.45, 2.75) is 19.4 Å². The summed E-state index contributed by atoms with van der Waals surface area (Å²) in [6.45, 7) is 1.80. The second-order valence-corrected chi connectivity index (χ2v) is 6.34. The predicted octanol–water partition coefficient (Wildman–Crippen LogP) is 2.48. The van der Waals surface area contributed by atoms with E-state index in [2.05, 4.69) is 15.2 Å². The van der Waals surface area contributed by atoms with Crippen LogP contribution in [-0.4, -0.2) is 34.8 Å². The van der Waals surface area contributed by atoms with Gasteiger partial charge in [0.1, 0.15) is 11.7 Å². The van der Waals surface area contributed by atoms with E-state index in [0.29, 0.717) is 22.0 Å². The van der Waals surface area contributed by atoms with Crippen molar-refractivity contribution in [2.75, 3.05) is 7.11 Å². The Kier molecular flexibility index (Phi) is 5.20. The predicted molar refractivity (Wildman–Crippen MR) is 85.1 cm³/mol. The van der Waals surface area contributed by atoms with Crippen molar-refractivity contribution in [1.82, 2.24) is 15.1 Å². The standard InChI is InChI=1S/C14H16ClN3O3S/c1-4-9(14(20)21-3)16-13(19)8-7-18(2)17-12(8)10-5-6-11(15)22-10/h5-7,9H,4H2,1-3H3,(H,16,19). The molecule has 2 rings (SSSR count). The number of aryl methyl sites for hydroxylation is 1. The van der Waals surface area contributed by atoms with E-state index >= 15 is 0 Å². The Morgan fingerprint density at radius 1 is 1.50 bits per heavy atom. The van der Waals surface area contributed by atoms with Gasteiger partial charge in [-0.1, -0.05) is 18.5 Å². The second kappa shape index (κ2) is 6.93. The Labute approximate surface area is 137 Å². The molecule has 0 spiro atoms. The summed E-state index contributed by atoms with van der Waals surface area (Å²) in [4.78, 5) is 24.8. The molecule has 0 aliphatic heterocycles. The molecule has 6 nitrogen and oxygen atoms in total. The highest BCUT2D eigenvalue weighted by molar-refractivity contribution is 7.19. The first-order valence-electron chi connectivity index (χ1n) is 6.64. The summed E-state index contributed by atoms with van der Waals surface area (Å²) in [6.07, 6.45) is 2.06. The van der Waals surface area contributed by atoms with Gasteiger partial charge in [0.15, 0.2) is 0 Å². The van der Waals surface area contributed by atoms with E-state index in [1.54, 1.807) is 30.9 Å². The molecule has 0 bridgehead atoms. The van der Waals surface area contributed by atoms with E-state index in [-0.39, 0.29) is 5.91 Å². The van der Waals surface area contributed by atoms with E-state index in [1.165, 1.54) is 18.4 Å². The molecule has 1 unspecified atom stereocenters. The van der Waals surface area contributed by atoms with Crippen LogP contribution in [0.2, 0.25) is 4.34 Å². The molecule has 0 aromatic carbocycles. The number of halogens is 1. The van der Waals surface area contributed by atoms with Crippen molar-refractivity contribution in [2.24, 2.45) is 7.05 Å². The van der Waals surface area contributed by atoms with Crippen LogP contribution in [0.1, 0.15) is 23.7 Å². The average molecular weight is 342 g/mol. The number of aromatic nitrogens is 2. The molecule has 2 aromatic heterocycles. The molecule has 8 heteroatoms. The zero-order chi connectivity index (χ0) is 16.3. The number of ether oxygens (including phenoxy) is 1. The van der Waals surface area contributed by atoms with Crippen LogP contribution in [0, 0.1) is 0 Å². The van der Waals surface area contributed by atoms with Crippen molar-refractivity contribution in [3.05, 3.63) is 28.2 Å². The Bertz CT molecular complexity index is 695. The number of thiophene rings is 1. The highest BCUT2D eigenvalue weighted by Crippen LogP contribution is 2.32. The highest BCUT2D eigenvalue weighted by atomic mass is 35.5. The van der Waals surface area contributed by atoms with Gasteiger partial charge in [-0.3, -0.25) is 9.48 Å². The maximum absolute atomic E-state index is 12.4. The Hall–Kier alpha value is -1.86. The number of hydrogen-bond acceptors (Lipinski definition) is 5. The minimum absolute atomic E-state index is 0.370. The number of carbonyl (C=O) groups excluding carboxylic acids is 2. The summed E-state index contributed by atoms with van der Waals surface area (Å²) >= 11 is 7.28. The molecule has 0 saturated carbocycles. The van der Waals surface area contributed by atoms with Gasteiger partial charge in [0.25, 0.3) is 5.91 Å². The maximum Gasteiger partial charge on any atom is 0.328 e. The minimum atomic E-state index is -0.683. The average Bonchev–Trinajstić information content (AvgIpc) is 3.09. The van der Waals surface area contributed by atoms with Gasteiger partial charge in [0.2, 0.25) is 0 Å². The van der Waals surface area contributed by atoms with Crippen molar-refractivity contribution in [1.29, 1.82) is 0 Å².